The maximum atomic E-state index is 12.2. The van der Waals surface area contributed by atoms with Gasteiger partial charge in [0.05, 0.1) is 0 Å². The number of carbonyl (C=O) groups excluding carboxylic acids is 1. The number of nitrogens with one attached hydrogen (secondary N) is 1. The molecule has 3 rings (SSSR count). The van der Waals surface area contributed by atoms with E-state index in [1.165, 1.54) is 0 Å². The fraction of sp³-hybridized carbons (Fsp3) is 0.476. The summed E-state index contributed by atoms with van der Waals surface area (Å²) in [6.07, 6.45) is 0.500. The third kappa shape index (κ3) is 5.75. The quantitative estimate of drug-likeness (QED) is 0.731. The summed E-state index contributed by atoms with van der Waals surface area (Å²) in [6.45, 7) is 10.8. The molecule has 0 unspecified atom stereocenters. The lowest BCUT2D eigenvalue weighted by molar-refractivity contribution is -0.116. The molecule has 1 saturated heterocycles. The number of nitrogens with zero attached hydrogens (tertiary/aromatic N) is 4. The Bertz CT molecular complexity index is 801. The largest absolute Gasteiger partial charge is 0.354 e. The van der Waals surface area contributed by atoms with E-state index in [4.69, 9.17) is 4.98 Å². The van der Waals surface area contributed by atoms with Crippen molar-refractivity contribution >= 4 is 33.3 Å². The molecular formula is C21H28BrN5O. The summed E-state index contributed by atoms with van der Waals surface area (Å²) in [5.41, 5.74) is 1.85. The highest BCUT2D eigenvalue weighted by atomic mass is 79.9. The molecule has 1 aromatic carbocycles. The molecule has 0 aliphatic carbocycles. The number of carbonyl (C=O) groups is 1. The number of hydrogen-bond acceptors (Lipinski definition) is 5. The van der Waals surface area contributed by atoms with Crippen molar-refractivity contribution in [1.29, 1.82) is 0 Å². The van der Waals surface area contributed by atoms with E-state index in [1.807, 2.05) is 31.2 Å². The van der Waals surface area contributed by atoms with Crippen molar-refractivity contribution in [1.82, 2.24) is 14.9 Å². The van der Waals surface area contributed by atoms with Gasteiger partial charge in [-0.3, -0.25) is 9.69 Å². The van der Waals surface area contributed by atoms with Gasteiger partial charge in [-0.25, -0.2) is 9.97 Å². The second kappa shape index (κ2) is 9.47. The van der Waals surface area contributed by atoms with Crippen LogP contribution in [-0.4, -0.2) is 53.5 Å². The van der Waals surface area contributed by atoms with E-state index in [0.717, 1.165) is 60.2 Å². The molecule has 1 aliphatic heterocycles. The monoisotopic (exact) mass is 445 g/mol. The van der Waals surface area contributed by atoms with Gasteiger partial charge in [-0.15, -0.1) is 0 Å². The van der Waals surface area contributed by atoms with Crippen molar-refractivity contribution < 1.29 is 4.79 Å². The zero-order valence-electron chi connectivity index (χ0n) is 16.8. The molecule has 0 saturated carbocycles. The topological polar surface area (TPSA) is 61.4 Å². The van der Waals surface area contributed by atoms with Gasteiger partial charge in [0, 0.05) is 67.0 Å². The lowest BCUT2D eigenvalue weighted by Crippen LogP contribution is -2.47. The van der Waals surface area contributed by atoms with Gasteiger partial charge in [0.15, 0.2) is 0 Å². The number of rotatable bonds is 6. The molecule has 28 heavy (non-hydrogen) atoms. The van der Waals surface area contributed by atoms with Crippen LogP contribution in [-0.2, 0) is 4.79 Å². The fourth-order valence-electron chi connectivity index (χ4n) is 3.21. The van der Waals surface area contributed by atoms with E-state index >= 15 is 0 Å². The summed E-state index contributed by atoms with van der Waals surface area (Å²) < 4.78 is 1.00. The van der Waals surface area contributed by atoms with Crippen molar-refractivity contribution in [3.63, 3.8) is 0 Å². The van der Waals surface area contributed by atoms with Crippen LogP contribution < -0.4 is 10.2 Å². The van der Waals surface area contributed by atoms with Crippen molar-refractivity contribution in [3.05, 3.63) is 46.3 Å². The summed E-state index contributed by atoms with van der Waals surface area (Å²) in [7, 11) is 0. The minimum atomic E-state index is 0.0535. The minimum absolute atomic E-state index is 0.0535. The van der Waals surface area contributed by atoms with Crippen LogP contribution in [0.5, 0.6) is 0 Å². The first kappa shape index (κ1) is 20.7. The molecule has 1 aromatic heterocycles. The first-order valence-corrected chi connectivity index (χ1v) is 10.6. The van der Waals surface area contributed by atoms with Gasteiger partial charge >= 0.3 is 0 Å². The highest BCUT2D eigenvalue weighted by molar-refractivity contribution is 9.10. The smallest absolute Gasteiger partial charge is 0.225 e. The number of halogens is 1. The average molecular weight is 446 g/mol. The molecule has 2 heterocycles. The van der Waals surface area contributed by atoms with E-state index in [-0.39, 0.29) is 5.91 Å². The number of piperazine rings is 1. The second-order valence-corrected chi connectivity index (χ2v) is 8.43. The molecule has 1 amide bonds. The second-order valence-electron chi connectivity index (χ2n) is 7.51. The average Bonchev–Trinajstić information content (AvgIpc) is 2.68. The Kier molecular flexibility index (Phi) is 7.02. The summed E-state index contributed by atoms with van der Waals surface area (Å²) in [5.74, 6) is 2.30. The predicted octanol–water partition coefficient (Wildman–Crippen LogP) is 3.82. The third-order valence-electron chi connectivity index (χ3n) is 4.85. The van der Waals surface area contributed by atoms with Gasteiger partial charge in [0.25, 0.3) is 0 Å². The molecular weight excluding hydrogens is 418 g/mol. The lowest BCUT2D eigenvalue weighted by Gasteiger charge is -2.35. The number of aryl methyl sites for hydroxylation is 1. The van der Waals surface area contributed by atoms with Crippen molar-refractivity contribution in [3.8, 4) is 0 Å². The van der Waals surface area contributed by atoms with Crippen LogP contribution in [0.1, 0.15) is 37.7 Å². The molecule has 1 N–H and O–H groups in total. The van der Waals surface area contributed by atoms with Crippen molar-refractivity contribution in [2.45, 2.75) is 33.1 Å². The van der Waals surface area contributed by atoms with Crippen LogP contribution in [0.3, 0.4) is 0 Å². The van der Waals surface area contributed by atoms with E-state index in [9.17, 15) is 4.79 Å². The molecule has 0 atom stereocenters. The van der Waals surface area contributed by atoms with Gasteiger partial charge in [-0.1, -0.05) is 29.8 Å². The van der Waals surface area contributed by atoms with E-state index in [1.54, 1.807) is 0 Å². The Hall–Kier alpha value is -1.99. The summed E-state index contributed by atoms with van der Waals surface area (Å²) in [6, 6.07) is 9.71. The summed E-state index contributed by atoms with van der Waals surface area (Å²) in [5, 5.41) is 2.95. The van der Waals surface area contributed by atoms with Crippen molar-refractivity contribution in [2.75, 3.05) is 42.9 Å². The van der Waals surface area contributed by atoms with Gasteiger partial charge < -0.3 is 10.2 Å². The van der Waals surface area contributed by atoms with Gasteiger partial charge in [0.1, 0.15) is 11.6 Å². The first-order chi connectivity index (χ1) is 13.4. The molecule has 6 nitrogen and oxygen atoms in total. The number of benzene rings is 1. The number of aromatic nitrogens is 2. The Morgan fingerprint density at radius 3 is 2.46 bits per heavy atom. The minimum Gasteiger partial charge on any atom is -0.354 e. The van der Waals surface area contributed by atoms with Crippen LogP contribution in [0.15, 0.2) is 34.8 Å². The molecule has 1 fully saturated rings. The molecule has 2 aromatic rings. The Morgan fingerprint density at radius 1 is 1.14 bits per heavy atom. The zero-order valence-corrected chi connectivity index (χ0v) is 18.4. The van der Waals surface area contributed by atoms with Crippen LogP contribution in [0, 0.1) is 6.92 Å². The normalized spacial score (nSPS) is 15.1. The first-order valence-electron chi connectivity index (χ1n) is 9.79. The maximum absolute atomic E-state index is 12.2. The van der Waals surface area contributed by atoms with Gasteiger partial charge in [-0.05, 0) is 31.2 Å². The molecule has 0 radical (unpaired) electrons. The third-order valence-corrected chi connectivity index (χ3v) is 5.38. The van der Waals surface area contributed by atoms with Crippen LogP contribution in [0.4, 0.5) is 11.5 Å². The van der Waals surface area contributed by atoms with Gasteiger partial charge in [0.2, 0.25) is 5.91 Å². The maximum Gasteiger partial charge on any atom is 0.225 e. The van der Waals surface area contributed by atoms with Gasteiger partial charge in [-0.2, -0.15) is 0 Å². The summed E-state index contributed by atoms with van der Waals surface area (Å²) in [4.78, 5) is 26.1. The van der Waals surface area contributed by atoms with E-state index < -0.39 is 0 Å². The van der Waals surface area contributed by atoms with E-state index in [0.29, 0.717) is 12.3 Å². The zero-order chi connectivity index (χ0) is 20.1. The Morgan fingerprint density at radius 2 is 1.82 bits per heavy atom. The van der Waals surface area contributed by atoms with E-state index in [2.05, 4.69) is 55.9 Å². The predicted molar refractivity (Wildman–Crippen MR) is 117 cm³/mol. The highest BCUT2D eigenvalue weighted by Crippen LogP contribution is 2.19. The summed E-state index contributed by atoms with van der Waals surface area (Å²) >= 11 is 3.40. The fourth-order valence-corrected chi connectivity index (χ4v) is 3.48. The van der Waals surface area contributed by atoms with Crippen LogP contribution >= 0.6 is 15.9 Å². The standard InChI is InChI=1S/C21H28BrN5O/c1-15(2)21-23-16(3)14-19(25-21)27-12-10-26(11-13-27)9-8-20(28)24-18-6-4-17(22)5-7-18/h4-7,14-15H,8-13H2,1-3H3,(H,24,28). The molecule has 150 valence electrons. The Balaban J connectivity index is 1.46. The Labute approximate surface area is 175 Å². The van der Waals surface area contributed by atoms with Crippen LogP contribution in [0.25, 0.3) is 0 Å². The molecule has 7 heteroatoms. The lowest BCUT2D eigenvalue weighted by atomic mass is 10.2. The molecule has 0 bridgehead atoms. The number of hydrogen-bond donors (Lipinski definition) is 1. The highest BCUT2D eigenvalue weighted by Gasteiger charge is 2.20. The number of anilines is 2. The SMILES string of the molecule is Cc1cc(N2CCN(CCC(=O)Nc3ccc(Br)cc3)CC2)nc(C(C)C)n1. The van der Waals surface area contributed by atoms with Crippen molar-refractivity contribution in [2.24, 2.45) is 0 Å². The molecule has 1 aliphatic rings. The van der Waals surface area contributed by atoms with Crippen LogP contribution in [0.2, 0.25) is 0 Å². The number of amides is 1. The molecule has 0 spiro atoms.